The number of amides is 2. The molecular formula is C24H26N4O15. The van der Waals surface area contributed by atoms with Crippen LogP contribution in [0.15, 0.2) is 48.5 Å². The number of aliphatic carboxylic acids is 4. The number of rotatable bonds is 14. The maximum Gasteiger partial charge on any atom is 0.326 e. The second kappa shape index (κ2) is 17.7. The summed E-state index contributed by atoms with van der Waals surface area (Å²) in [6, 6.07) is 6.50. The summed E-state index contributed by atoms with van der Waals surface area (Å²) in [7, 11) is 0. The van der Waals surface area contributed by atoms with Gasteiger partial charge in [0.05, 0.1) is 9.85 Å². The Morgan fingerprint density at radius 3 is 1.09 bits per heavy atom. The van der Waals surface area contributed by atoms with Crippen molar-refractivity contribution in [1.82, 2.24) is 10.6 Å². The van der Waals surface area contributed by atoms with E-state index in [-0.39, 0.29) is 40.8 Å². The minimum Gasteiger partial charge on any atom is -0.481 e. The Morgan fingerprint density at radius 2 is 0.884 bits per heavy atom. The van der Waals surface area contributed by atoms with Gasteiger partial charge in [0.25, 0.3) is 23.2 Å². The zero-order valence-corrected chi connectivity index (χ0v) is 21.9. The Bertz CT molecular complexity index is 1240. The number of nitro benzene ring substituents is 2. The van der Waals surface area contributed by atoms with Crippen molar-refractivity contribution in [2.45, 2.75) is 37.8 Å². The standard InChI is InChI=1S/2C12H12N2O7.H2O/c2*15-10(16)6-5-9(12(18)19)13-11(17)7-1-3-8(4-2-7)14(20)21;/h2*1-4,9H,5-6H2,(H,13,17)(H,15,16)(H,18,19);1H2. The second-order valence-electron chi connectivity index (χ2n) is 8.20. The maximum atomic E-state index is 11.8. The van der Waals surface area contributed by atoms with Gasteiger partial charge in [0, 0.05) is 48.2 Å². The van der Waals surface area contributed by atoms with E-state index in [0.717, 1.165) is 24.3 Å². The van der Waals surface area contributed by atoms with Gasteiger partial charge in [0.15, 0.2) is 0 Å². The van der Waals surface area contributed by atoms with Crippen LogP contribution in [-0.2, 0) is 19.2 Å². The summed E-state index contributed by atoms with van der Waals surface area (Å²) in [5.41, 5.74) is -0.316. The number of carbonyl (C=O) groups is 6. The largest absolute Gasteiger partial charge is 0.481 e. The summed E-state index contributed by atoms with van der Waals surface area (Å²) in [6.07, 6.45) is -1.33. The molecule has 2 amide bonds. The van der Waals surface area contributed by atoms with Crippen molar-refractivity contribution in [1.29, 1.82) is 0 Å². The average molecular weight is 610 g/mol. The Kier molecular flexibility index (Phi) is 15.2. The van der Waals surface area contributed by atoms with Gasteiger partial charge in [-0.3, -0.25) is 39.4 Å². The highest BCUT2D eigenvalue weighted by Crippen LogP contribution is 2.13. The van der Waals surface area contributed by atoms with Crippen LogP contribution in [0.5, 0.6) is 0 Å². The SMILES string of the molecule is O.O=C(O)CCC(NC(=O)c1ccc([N+](=O)[O-])cc1)C(=O)O.O=C(O)CCC(NC(=O)c1ccc([N+](=O)[O-])cc1)C(=O)O. The van der Waals surface area contributed by atoms with Crippen LogP contribution in [0.1, 0.15) is 46.4 Å². The molecule has 43 heavy (non-hydrogen) atoms. The molecule has 0 saturated carbocycles. The van der Waals surface area contributed by atoms with Gasteiger partial charge in [-0.1, -0.05) is 0 Å². The van der Waals surface area contributed by atoms with E-state index in [2.05, 4.69) is 10.6 Å². The number of nitrogens with zero attached hydrogens (tertiary/aromatic N) is 2. The summed E-state index contributed by atoms with van der Waals surface area (Å²) in [6.45, 7) is 0. The van der Waals surface area contributed by atoms with Gasteiger partial charge in [0.2, 0.25) is 0 Å². The molecule has 0 aliphatic heterocycles. The van der Waals surface area contributed by atoms with E-state index in [1.165, 1.54) is 24.3 Å². The molecule has 0 aliphatic rings. The molecule has 0 bridgehead atoms. The van der Waals surface area contributed by atoms with Crippen molar-refractivity contribution in [3.05, 3.63) is 79.9 Å². The van der Waals surface area contributed by atoms with E-state index in [1.807, 2.05) is 0 Å². The highest BCUT2D eigenvalue weighted by Gasteiger charge is 2.23. The van der Waals surface area contributed by atoms with E-state index < -0.39 is 70.5 Å². The highest BCUT2D eigenvalue weighted by molar-refractivity contribution is 5.97. The van der Waals surface area contributed by atoms with Gasteiger partial charge in [-0.25, -0.2) is 9.59 Å². The van der Waals surface area contributed by atoms with Crippen molar-refractivity contribution in [2.24, 2.45) is 0 Å². The summed E-state index contributed by atoms with van der Waals surface area (Å²) < 4.78 is 0. The predicted molar refractivity (Wildman–Crippen MR) is 141 cm³/mol. The first-order chi connectivity index (χ1) is 19.6. The number of non-ortho nitro benzene ring substituents is 2. The lowest BCUT2D eigenvalue weighted by atomic mass is 10.1. The van der Waals surface area contributed by atoms with E-state index in [0.29, 0.717) is 0 Å². The number of benzene rings is 2. The first-order valence-electron chi connectivity index (χ1n) is 11.6. The third-order valence-electron chi connectivity index (χ3n) is 5.18. The van der Waals surface area contributed by atoms with Gasteiger partial charge < -0.3 is 36.5 Å². The summed E-state index contributed by atoms with van der Waals surface area (Å²) in [5, 5.41) is 60.1. The highest BCUT2D eigenvalue weighted by atomic mass is 16.6. The van der Waals surface area contributed by atoms with E-state index >= 15 is 0 Å². The molecule has 8 N–H and O–H groups in total. The number of hydrogen-bond acceptors (Lipinski definition) is 10. The quantitative estimate of drug-likeness (QED) is 0.125. The van der Waals surface area contributed by atoms with Crippen molar-refractivity contribution in [3.63, 3.8) is 0 Å². The lowest BCUT2D eigenvalue weighted by Crippen LogP contribution is -2.41. The Balaban J connectivity index is 0.000000802. The first kappa shape index (κ1) is 37.0. The fraction of sp³-hybridized carbons (Fsp3) is 0.250. The molecule has 19 nitrogen and oxygen atoms in total. The normalized spacial score (nSPS) is 11.2. The van der Waals surface area contributed by atoms with Crippen molar-refractivity contribution in [2.75, 3.05) is 0 Å². The van der Waals surface area contributed by atoms with Gasteiger partial charge >= 0.3 is 23.9 Å². The lowest BCUT2D eigenvalue weighted by Gasteiger charge is -2.13. The van der Waals surface area contributed by atoms with E-state index in [4.69, 9.17) is 20.4 Å². The third kappa shape index (κ3) is 13.3. The number of nitrogens with one attached hydrogen (secondary N) is 2. The molecule has 0 aliphatic carbocycles. The molecule has 19 heteroatoms. The molecule has 0 saturated heterocycles. The van der Waals surface area contributed by atoms with E-state index in [1.54, 1.807) is 0 Å². The third-order valence-corrected chi connectivity index (χ3v) is 5.18. The number of carboxylic acid groups (broad SMARTS) is 4. The van der Waals surface area contributed by atoms with Gasteiger partial charge in [-0.15, -0.1) is 0 Å². The second-order valence-corrected chi connectivity index (χ2v) is 8.20. The minimum atomic E-state index is -1.36. The number of hydrogen-bond donors (Lipinski definition) is 6. The molecular weight excluding hydrogens is 584 g/mol. The molecule has 2 unspecified atom stereocenters. The zero-order chi connectivity index (χ0) is 32.0. The smallest absolute Gasteiger partial charge is 0.326 e. The van der Waals surface area contributed by atoms with Gasteiger partial charge in [-0.05, 0) is 37.1 Å². The monoisotopic (exact) mass is 610 g/mol. The molecule has 0 aromatic heterocycles. The van der Waals surface area contributed by atoms with E-state index in [9.17, 15) is 49.0 Å². The van der Waals surface area contributed by atoms with Crippen LogP contribution >= 0.6 is 0 Å². The van der Waals surface area contributed by atoms with Crippen LogP contribution in [0.3, 0.4) is 0 Å². The van der Waals surface area contributed by atoms with Crippen LogP contribution in [0.4, 0.5) is 11.4 Å². The van der Waals surface area contributed by atoms with Crippen molar-refractivity contribution in [3.8, 4) is 0 Å². The zero-order valence-electron chi connectivity index (χ0n) is 21.9. The molecule has 2 aromatic carbocycles. The molecule has 0 heterocycles. The maximum absolute atomic E-state index is 11.8. The van der Waals surface area contributed by atoms with Crippen LogP contribution in [-0.4, -0.2) is 83.5 Å². The Labute approximate surface area is 240 Å². The van der Waals surface area contributed by atoms with Crippen LogP contribution < -0.4 is 10.6 Å². The van der Waals surface area contributed by atoms with Crippen LogP contribution in [0.2, 0.25) is 0 Å². The van der Waals surface area contributed by atoms with Gasteiger partial charge in [0.1, 0.15) is 12.1 Å². The van der Waals surface area contributed by atoms with Crippen molar-refractivity contribution < 1.29 is 64.5 Å². The Hall–Kier alpha value is -5.98. The number of carbonyl (C=O) groups excluding carboxylic acids is 2. The predicted octanol–water partition coefficient (Wildman–Crippen LogP) is 0.461. The number of carboxylic acids is 4. The molecule has 2 atom stereocenters. The number of nitro groups is 2. The summed E-state index contributed by atoms with van der Waals surface area (Å²) in [5.74, 6) is -6.56. The van der Waals surface area contributed by atoms with Crippen molar-refractivity contribution >= 4 is 47.1 Å². The fourth-order valence-electron chi connectivity index (χ4n) is 3.00. The molecule has 0 fully saturated rings. The van der Waals surface area contributed by atoms with Crippen LogP contribution in [0, 0.1) is 20.2 Å². The molecule has 0 radical (unpaired) electrons. The van der Waals surface area contributed by atoms with Crippen LogP contribution in [0.25, 0.3) is 0 Å². The molecule has 232 valence electrons. The average Bonchev–Trinajstić information content (AvgIpc) is 2.92. The fourth-order valence-corrected chi connectivity index (χ4v) is 3.00. The molecule has 2 aromatic rings. The minimum absolute atomic E-state index is 0. The summed E-state index contributed by atoms with van der Waals surface area (Å²) in [4.78, 5) is 85.9. The first-order valence-corrected chi connectivity index (χ1v) is 11.6. The topological polar surface area (TPSA) is 325 Å². The summed E-state index contributed by atoms with van der Waals surface area (Å²) >= 11 is 0. The lowest BCUT2D eigenvalue weighted by molar-refractivity contribution is -0.385. The Morgan fingerprint density at radius 1 is 0.605 bits per heavy atom. The van der Waals surface area contributed by atoms with Gasteiger partial charge in [-0.2, -0.15) is 0 Å². The molecule has 0 spiro atoms. The molecule has 2 rings (SSSR count).